The van der Waals surface area contributed by atoms with Crippen molar-refractivity contribution in [2.24, 2.45) is 0 Å². The SMILES string of the molecule is CC/C=C\C/C=C\C/C=C\C/C=C\C/C=C\CCCCCC(=O)OCC(COP(=O)(O)OCC(O)COP(=O)(O)OCC(COC(=O)CCCCCCCC/C=C\C/C=C\C/C=C\C/C=C\CC)OC(=O)CCCCCCCCCCCCCCC)OC(=O)C/C=C\C/C=C\C/C=C\C/C=C\C/C=C\CC. The number of phosphoric acid groups is 2. The number of carbonyl (C=O) groups is 4. The minimum Gasteiger partial charge on any atom is -0.462 e. The molecule has 0 fully saturated rings. The average molecular weight is 1520 g/mol. The summed E-state index contributed by atoms with van der Waals surface area (Å²) in [6, 6.07) is 0. The summed E-state index contributed by atoms with van der Waals surface area (Å²) < 4.78 is 68.5. The Kier molecular flexibility index (Phi) is 73.5. The first-order valence-corrected chi connectivity index (χ1v) is 43.4. The number of esters is 4. The lowest BCUT2D eigenvalue weighted by Gasteiger charge is -2.21. The van der Waals surface area contributed by atoms with Crippen LogP contribution in [0, 0.1) is 0 Å². The number of phosphoric ester groups is 2. The van der Waals surface area contributed by atoms with Gasteiger partial charge in [-0.1, -0.05) is 307 Å². The van der Waals surface area contributed by atoms with Crippen LogP contribution >= 0.6 is 15.6 Å². The number of aliphatic hydroxyl groups is 1. The van der Waals surface area contributed by atoms with Crippen LogP contribution in [0.3, 0.4) is 0 Å². The van der Waals surface area contributed by atoms with Crippen LogP contribution in [0.2, 0.25) is 0 Å². The molecule has 19 heteroatoms. The molecule has 17 nitrogen and oxygen atoms in total. The summed E-state index contributed by atoms with van der Waals surface area (Å²) >= 11 is 0. The van der Waals surface area contributed by atoms with Crippen LogP contribution < -0.4 is 0 Å². The molecule has 602 valence electrons. The fourth-order valence-electron chi connectivity index (χ4n) is 10.2. The third kappa shape index (κ3) is 76.6. The number of unbranched alkanes of at least 4 members (excludes halogenated alkanes) is 21. The van der Waals surface area contributed by atoms with Gasteiger partial charge >= 0.3 is 39.5 Å². The fourth-order valence-corrected chi connectivity index (χ4v) is 11.8. The van der Waals surface area contributed by atoms with Crippen molar-refractivity contribution < 1.29 is 80.2 Å². The van der Waals surface area contributed by atoms with E-state index in [1.54, 1.807) is 12.2 Å². The van der Waals surface area contributed by atoms with Gasteiger partial charge in [0.2, 0.25) is 0 Å². The van der Waals surface area contributed by atoms with E-state index in [-0.39, 0.29) is 25.7 Å². The van der Waals surface area contributed by atoms with Crippen LogP contribution in [0.25, 0.3) is 0 Å². The lowest BCUT2D eigenvalue weighted by atomic mass is 10.0. The van der Waals surface area contributed by atoms with Crippen LogP contribution in [0.15, 0.2) is 170 Å². The van der Waals surface area contributed by atoms with Gasteiger partial charge in [0, 0.05) is 19.3 Å². The van der Waals surface area contributed by atoms with Crippen LogP contribution in [0.5, 0.6) is 0 Å². The van der Waals surface area contributed by atoms with Gasteiger partial charge in [0.05, 0.1) is 32.8 Å². The summed E-state index contributed by atoms with van der Waals surface area (Å²) in [5.41, 5.74) is 0. The monoisotopic (exact) mass is 1520 g/mol. The Morgan fingerprint density at radius 2 is 0.528 bits per heavy atom. The molecule has 0 saturated carbocycles. The quantitative estimate of drug-likeness (QED) is 0.0169. The molecule has 0 saturated heterocycles. The van der Waals surface area contributed by atoms with Gasteiger partial charge in [0.15, 0.2) is 12.2 Å². The van der Waals surface area contributed by atoms with E-state index in [2.05, 4.69) is 174 Å². The smallest absolute Gasteiger partial charge is 0.462 e. The third-order valence-corrected chi connectivity index (χ3v) is 18.1. The van der Waals surface area contributed by atoms with Gasteiger partial charge < -0.3 is 33.8 Å². The maximum Gasteiger partial charge on any atom is 0.472 e. The summed E-state index contributed by atoms with van der Waals surface area (Å²) in [6.07, 6.45) is 92.2. The molecule has 3 N–H and O–H groups in total. The number of hydrogen-bond donors (Lipinski definition) is 3. The van der Waals surface area contributed by atoms with Crippen molar-refractivity contribution in [2.45, 2.75) is 316 Å². The molecule has 5 unspecified atom stereocenters. The summed E-state index contributed by atoms with van der Waals surface area (Å²) in [5.74, 6) is -2.38. The van der Waals surface area contributed by atoms with Gasteiger partial charge in [-0.25, -0.2) is 9.13 Å². The second-order valence-corrected chi connectivity index (χ2v) is 29.1. The van der Waals surface area contributed by atoms with E-state index >= 15 is 0 Å². The van der Waals surface area contributed by atoms with Crippen LogP contribution in [0.4, 0.5) is 0 Å². The average Bonchev–Trinajstić information content (AvgIpc) is 0.933. The second kappa shape index (κ2) is 77.6. The molecule has 0 aliphatic rings. The first-order chi connectivity index (χ1) is 51.7. The molecule has 0 radical (unpaired) electrons. The van der Waals surface area contributed by atoms with E-state index in [9.17, 15) is 43.2 Å². The number of carbonyl (C=O) groups excluding carboxylic acids is 4. The van der Waals surface area contributed by atoms with Gasteiger partial charge in [-0.15, -0.1) is 0 Å². The van der Waals surface area contributed by atoms with Gasteiger partial charge in [-0.05, 0) is 135 Å². The fraction of sp³-hybridized carbons (Fsp3) is 0.632. The Morgan fingerprint density at radius 3 is 0.849 bits per heavy atom. The Labute approximate surface area is 642 Å². The second-order valence-electron chi connectivity index (χ2n) is 26.2. The molecule has 106 heavy (non-hydrogen) atoms. The highest BCUT2D eigenvalue weighted by Crippen LogP contribution is 2.45. The molecule has 0 aromatic carbocycles. The minimum absolute atomic E-state index is 0.0862. The molecule has 0 spiro atoms. The van der Waals surface area contributed by atoms with E-state index < -0.39 is 97.5 Å². The highest BCUT2D eigenvalue weighted by atomic mass is 31.2. The Balaban J connectivity index is 5.45. The molecule has 0 amide bonds. The lowest BCUT2D eigenvalue weighted by molar-refractivity contribution is -0.161. The highest BCUT2D eigenvalue weighted by molar-refractivity contribution is 7.47. The molecular weight excluding hydrogens is 1380 g/mol. The topological polar surface area (TPSA) is 237 Å². The standard InChI is InChI=1S/C87H142O17P2/c1-5-9-13-17-21-25-29-33-36-38-40-42-45-48-51-55-59-63-67-71-84(89)97-77-82(103-86(91)73-69-65-61-57-53-47-32-28-24-20-16-12-8-4)79-101-105(93,94)99-75-81(88)76-100-106(95,96)102-80-83(104-87(92)74-70-66-62-58-54-50-44-35-31-27-23-19-15-11-7-3)78-98-85(90)72-68-64-60-56-52-49-46-43-41-39-37-34-30-26-22-18-14-10-6-2/h9-11,13-15,21-23,25-27,33-37,40-44,49,52,54,58,66,70,81-83,88H,5-8,12,16-20,24,28-32,38-39,45-48,50-51,53,55-57,59-65,67-69,71-80H2,1-4H3,(H,93,94)(H,95,96)/b13-9-,14-10-,15-11-,25-21-,26-22-,27-23-,36-33-,37-34-,42-40-,43-41-,44-35-,52-49-,58-54-,70-66-. The van der Waals surface area contributed by atoms with E-state index in [1.165, 1.54) is 51.4 Å². The molecular formula is C87H142O17P2. The van der Waals surface area contributed by atoms with Crippen LogP contribution in [-0.4, -0.2) is 96.7 Å². The summed E-state index contributed by atoms with van der Waals surface area (Å²) in [4.78, 5) is 73.0. The molecule has 0 aromatic rings. The first-order valence-electron chi connectivity index (χ1n) is 40.4. The summed E-state index contributed by atoms with van der Waals surface area (Å²) in [6.45, 7) is 4.36. The number of rotatable bonds is 74. The third-order valence-electron chi connectivity index (χ3n) is 16.2. The zero-order valence-corrected chi connectivity index (χ0v) is 67.6. The Bertz CT molecular complexity index is 2680. The highest BCUT2D eigenvalue weighted by Gasteiger charge is 2.30. The minimum atomic E-state index is -5.02. The van der Waals surface area contributed by atoms with Crippen molar-refractivity contribution in [1.82, 2.24) is 0 Å². The van der Waals surface area contributed by atoms with Gasteiger partial charge in [-0.3, -0.25) is 37.3 Å². The van der Waals surface area contributed by atoms with Gasteiger partial charge in [0.1, 0.15) is 19.3 Å². The lowest BCUT2D eigenvalue weighted by Crippen LogP contribution is -2.30. The van der Waals surface area contributed by atoms with E-state index in [1.807, 2.05) is 12.2 Å². The van der Waals surface area contributed by atoms with Crippen molar-refractivity contribution in [2.75, 3.05) is 39.6 Å². The number of hydrogen-bond acceptors (Lipinski definition) is 15. The van der Waals surface area contributed by atoms with Crippen molar-refractivity contribution in [3.63, 3.8) is 0 Å². The molecule has 0 heterocycles. The first kappa shape index (κ1) is 100. The normalized spacial score (nSPS) is 14.7. The number of aliphatic hydroxyl groups excluding tert-OH is 1. The number of allylic oxidation sites excluding steroid dienone is 27. The van der Waals surface area contributed by atoms with Gasteiger partial charge in [-0.2, -0.15) is 0 Å². The molecule has 5 atom stereocenters. The predicted octanol–water partition coefficient (Wildman–Crippen LogP) is 23.8. The number of ether oxygens (including phenoxy) is 4. The zero-order valence-electron chi connectivity index (χ0n) is 65.8. The predicted molar refractivity (Wildman–Crippen MR) is 436 cm³/mol. The molecule has 0 rings (SSSR count). The van der Waals surface area contributed by atoms with E-state index in [0.29, 0.717) is 25.7 Å². The van der Waals surface area contributed by atoms with Crippen LogP contribution in [0.1, 0.15) is 297 Å². The summed E-state index contributed by atoms with van der Waals surface area (Å²) in [7, 11) is -10.0. The zero-order chi connectivity index (χ0) is 77.4. The van der Waals surface area contributed by atoms with E-state index in [4.69, 9.17) is 37.0 Å². The van der Waals surface area contributed by atoms with Crippen molar-refractivity contribution in [1.29, 1.82) is 0 Å². The maximum atomic E-state index is 13.1. The van der Waals surface area contributed by atoms with Crippen molar-refractivity contribution >= 4 is 39.5 Å². The molecule has 0 aliphatic heterocycles. The maximum absolute atomic E-state index is 13.1. The molecule has 0 aliphatic carbocycles. The van der Waals surface area contributed by atoms with Gasteiger partial charge in [0.25, 0.3) is 0 Å². The summed E-state index contributed by atoms with van der Waals surface area (Å²) in [5, 5.41) is 10.6. The van der Waals surface area contributed by atoms with E-state index in [0.717, 1.165) is 167 Å². The Hall–Kier alpha value is -5.58. The largest absolute Gasteiger partial charge is 0.472 e. The van der Waals surface area contributed by atoms with Crippen molar-refractivity contribution in [3.05, 3.63) is 170 Å². The molecule has 0 bridgehead atoms. The molecule has 0 aromatic heterocycles. The van der Waals surface area contributed by atoms with Crippen LogP contribution in [-0.2, 0) is 65.4 Å². The van der Waals surface area contributed by atoms with Crippen molar-refractivity contribution in [3.8, 4) is 0 Å². The Morgan fingerprint density at radius 1 is 0.283 bits per heavy atom.